The molecule has 1 N–H and O–H groups in total. The highest BCUT2D eigenvalue weighted by atomic mass is 32.2. The molecule has 72 valence electrons. The Labute approximate surface area is 73.7 Å². The lowest BCUT2D eigenvalue weighted by Gasteiger charge is -2.18. The summed E-state index contributed by atoms with van der Waals surface area (Å²) in [5.74, 6) is 0.240. The van der Waals surface area contributed by atoms with Gasteiger partial charge in [-0.25, -0.2) is 8.42 Å². The lowest BCUT2D eigenvalue weighted by molar-refractivity contribution is 0.143. The van der Waals surface area contributed by atoms with Crippen molar-refractivity contribution in [3.63, 3.8) is 0 Å². The normalized spacial score (nSPS) is 23.6. The largest absolute Gasteiger partial charge is 0.391 e. The van der Waals surface area contributed by atoms with Crippen LogP contribution < -0.4 is 0 Å². The van der Waals surface area contributed by atoms with Gasteiger partial charge < -0.3 is 5.11 Å². The Morgan fingerprint density at radius 2 is 2.00 bits per heavy atom. The minimum absolute atomic E-state index is 0.240. The van der Waals surface area contributed by atoms with Crippen molar-refractivity contribution in [3.8, 4) is 0 Å². The fourth-order valence-electron chi connectivity index (χ4n) is 1.54. The highest BCUT2D eigenvalue weighted by Gasteiger charge is 2.38. The van der Waals surface area contributed by atoms with E-state index in [9.17, 15) is 13.5 Å². The molecular weight excluding hydrogens is 176 g/mol. The molecule has 0 unspecified atom stereocenters. The number of hydrogen-bond acceptors (Lipinski definition) is 3. The third kappa shape index (κ3) is 2.20. The first-order valence-corrected chi connectivity index (χ1v) is 6.29. The molecular formula is C8H16O3S. The zero-order valence-electron chi connectivity index (χ0n) is 7.53. The van der Waals surface area contributed by atoms with E-state index >= 15 is 0 Å². The van der Waals surface area contributed by atoms with Crippen LogP contribution >= 0.6 is 0 Å². The summed E-state index contributed by atoms with van der Waals surface area (Å²) in [5, 5.41) is 9.05. The molecule has 0 spiro atoms. The van der Waals surface area contributed by atoms with Crippen LogP contribution in [0.5, 0.6) is 0 Å². The van der Waals surface area contributed by atoms with E-state index in [0.29, 0.717) is 6.42 Å². The van der Waals surface area contributed by atoms with E-state index in [4.69, 9.17) is 0 Å². The van der Waals surface area contributed by atoms with Crippen LogP contribution in [0.25, 0.3) is 0 Å². The van der Waals surface area contributed by atoms with Crippen LogP contribution in [0.4, 0.5) is 0 Å². The quantitative estimate of drug-likeness (QED) is 0.709. The molecule has 0 aromatic heterocycles. The molecule has 1 rings (SSSR count). The van der Waals surface area contributed by atoms with Crippen molar-refractivity contribution in [3.05, 3.63) is 0 Å². The van der Waals surface area contributed by atoms with Gasteiger partial charge in [-0.3, -0.25) is 0 Å². The van der Waals surface area contributed by atoms with Gasteiger partial charge in [-0.05, 0) is 25.2 Å². The van der Waals surface area contributed by atoms with Gasteiger partial charge in [0, 0.05) is 6.26 Å². The lowest BCUT2D eigenvalue weighted by atomic mass is 10.1. The van der Waals surface area contributed by atoms with Gasteiger partial charge in [0.2, 0.25) is 0 Å². The Kier molecular flexibility index (Phi) is 2.78. The van der Waals surface area contributed by atoms with E-state index in [1.807, 2.05) is 0 Å². The molecule has 0 aromatic rings. The Morgan fingerprint density at radius 3 is 2.25 bits per heavy atom. The van der Waals surface area contributed by atoms with Gasteiger partial charge in [0.1, 0.15) is 0 Å². The van der Waals surface area contributed by atoms with Crippen molar-refractivity contribution in [2.75, 3.05) is 6.26 Å². The zero-order valence-corrected chi connectivity index (χ0v) is 8.34. The second kappa shape index (κ2) is 3.34. The van der Waals surface area contributed by atoms with Gasteiger partial charge in [-0.2, -0.15) is 0 Å². The number of sulfone groups is 1. The minimum atomic E-state index is -3.07. The van der Waals surface area contributed by atoms with Gasteiger partial charge in [-0.1, -0.05) is 6.92 Å². The first-order chi connectivity index (χ1) is 5.46. The van der Waals surface area contributed by atoms with Gasteiger partial charge in [0.15, 0.2) is 9.84 Å². The number of hydrogen-bond donors (Lipinski definition) is 1. The molecule has 2 atom stereocenters. The molecule has 0 amide bonds. The highest BCUT2D eigenvalue weighted by Crippen LogP contribution is 2.36. The number of aliphatic hydroxyl groups is 1. The standard InChI is InChI=1S/C8H16O3S/c1-3-7(12(2,10)11)8(9)6-4-5-6/h6-9H,3-5H2,1-2H3/t7-,8+/m0/s1. The summed E-state index contributed by atoms with van der Waals surface area (Å²) in [6.07, 6.45) is 3.04. The van der Waals surface area contributed by atoms with E-state index in [2.05, 4.69) is 0 Å². The summed E-state index contributed by atoms with van der Waals surface area (Å²) in [5.41, 5.74) is 0. The maximum absolute atomic E-state index is 11.2. The van der Waals surface area contributed by atoms with Gasteiger partial charge >= 0.3 is 0 Å². The highest BCUT2D eigenvalue weighted by molar-refractivity contribution is 7.91. The summed E-state index contributed by atoms with van der Waals surface area (Å²) >= 11 is 0. The third-order valence-corrected chi connectivity index (χ3v) is 4.15. The van der Waals surface area contributed by atoms with Gasteiger partial charge in [-0.15, -0.1) is 0 Å². The summed E-state index contributed by atoms with van der Waals surface area (Å²) in [6, 6.07) is 0. The summed E-state index contributed by atoms with van der Waals surface area (Å²) in [7, 11) is -3.07. The molecule has 12 heavy (non-hydrogen) atoms. The maximum atomic E-state index is 11.2. The Balaban J connectivity index is 2.67. The summed E-state index contributed by atoms with van der Waals surface area (Å²) in [6.45, 7) is 1.80. The average molecular weight is 192 g/mol. The van der Waals surface area contributed by atoms with Crippen LogP contribution in [0.3, 0.4) is 0 Å². The first-order valence-electron chi connectivity index (χ1n) is 4.33. The molecule has 0 bridgehead atoms. The molecule has 0 heterocycles. The van der Waals surface area contributed by atoms with E-state index in [1.54, 1.807) is 6.92 Å². The van der Waals surface area contributed by atoms with E-state index in [-0.39, 0.29) is 5.92 Å². The molecule has 1 aliphatic carbocycles. The fraction of sp³-hybridized carbons (Fsp3) is 1.00. The predicted molar refractivity (Wildman–Crippen MR) is 47.7 cm³/mol. The Bertz CT molecular complexity index is 241. The van der Waals surface area contributed by atoms with Gasteiger partial charge in [0.25, 0.3) is 0 Å². The topological polar surface area (TPSA) is 54.4 Å². The molecule has 3 nitrogen and oxygen atoms in total. The lowest BCUT2D eigenvalue weighted by Crippen LogP contribution is -2.34. The van der Waals surface area contributed by atoms with Gasteiger partial charge in [0.05, 0.1) is 11.4 Å². The predicted octanol–water partition coefficient (Wildman–Crippen LogP) is 0.581. The molecule has 1 saturated carbocycles. The van der Waals surface area contributed by atoms with Crippen molar-refractivity contribution >= 4 is 9.84 Å². The van der Waals surface area contributed by atoms with Crippen LogP contribution in [-0.4, -0.2) is 31.1 Å². The molecule has 1 fully saturated rings. The third-order valence-electron chi connectivity index (χ3n) is 2.44. The van der Waals surface area contributed by atoms with Crippen LogP contribution in [0, 0.1) is 5.92 Å². The van der Waals surface area contributed by atoms with Crippen molar-refractivity contribution in [1.82, 2.24) is 0 Å². The molecule has 0 aliphatic heterocycles. The van der Waals surface area contributed by atoms with Crippen LogP contribution in [0.15, 0.2) is 0 Å². The molecule has 0 radical (unpaired) electrons. The summed E-state index contributed by atoms with van der Waals surface area (Å²) in [4.78, 5) is 0. The van der Waals surface area contributed by atoms with Crippen LogP contribution in [0.1, 0.15) is 26.2 Å². The van der Waals surface area contributed by atoms with Crippen LogP contribution in [0.2, 0.25) is 0 Å². The van der Waals surface area contributed by atoms with Crippen LogP contribution in [-0.2, 0) is 9.84 Å². The second-order valence-electron chi connectivity index (χ2n) is 3.60. The smallest absolute Gasteiger partial charge is 0.152 e. The molecule has 0 saturated heterocycles. The second-order valence-corrected chi connectivity index (χ2v) is 5.87. The average Bonchev–Trinajstić information content (AvgIpc) is 2.65. The Hall–Kier alpha value is -0.0900. The molecule has 1 aliphatic rings. The Morgan fingerprint density at radius 1 is 1.50 bits per heavy atom. The SMILES string of the molecule is CC[C@@H]([C@H](O)C1CC1)S(C)(=O)=O. The zero-order chi connectivity index (χ0) is 9.35. The van der Waals surface area contributed by atoms with Crippen molar-refractivity contribution in [1.29, 1.82) is 0 Å². The van der Waals surface area contributed by atoms with Crippen molar-refractivity contribution in [2.45, 2.75) is 37.5 Å². The first kappa shape index (κ1) is 9.99. The molecule has 0 aromatic carbocycles. The van der Waals surface area contributed by atoms with E-state index in [1.165, 1.54) is 6.26 Å². The van der Waals surface area contributed by atoms with E-state index < -0.39 is 21.2 Å². The molecule has 4 heteroatoms. The number of rotatable bonds is 4. The van der Waals surface area contributed by atoms with Crippen molar-refractivity contribution in [2.24, 2.45) is 5.92 Å². The van der Waals surface area contributed by atoms with Crippen molar-refractivity contribution < 1.29 is 13.5 Å². The number of aliphatic hydroxyl groups excluding tert-OH is 1. The fourth-order valence-corrected chi connectivity index (χ4v) is 2.87. The maximum Gasteiger partial charge on any atom is 0.152 e. The summed E-state index contributed by atoms with van der Waals surface area (Å²) < 4.78 is 22.4. The minimum Gasteiger partial charge on any atom is -0.391 e. The monoisotopic (exact) mass is 192 g/mol. The van der Waals surface area contributed by atoms with E-state index in [0.717, 1.165) is 12.8 Å².